The summed E-state index contributed by atoms with van der Waals surface area (Å²) in [7, 11) is 1.75. The second kappa shape index (κ2) is 10.5. The lowest BCUT2D eigenvalue weighted by atomic mass is 10.2. The molecule has 6 nitrogen and oxygen atoms in total. The summed E-state index contributed by atoms with van der Waals surface area (Å²) in [5, 5.41) is 6.49. The molecule has 0 bridgehead atoms. The van der Waals surface area contributed by atoms with E-state index in [1.165, 1.54) is 0 Å². The van der Waals surface area contributed by atoms with Crippen molar-refractivity contribution in [2.24, 2.45) is 10.9 Å². The van der Waals surface area contributed by atoms with E-state index in [0.29, 0.717) is 25.9 Å². The number of benzene rings is 1. The molecule has 0 saturated heterocycles. The fourth-order valence-electron chi connectivity index (χ4n) is 2.02. The van der Waals surface area contributed by atoms with Crippen molar-refractivity contribution in [3.05, 3.63) is 23.8 Å². The van der Waals surface area contributed by atoms with Crippen LogP contribution < -0.4 is 20.1 Å². The number of fused-ring (bicyclic) bond motifs is 1. The minimum atomic E-state index is 0. The van der Waals surface area contributed by atoms with E-state index in [1.54, 1.807) is 7.05 Å². The lowest BCUT2D eigenvalue weighted by Crippen LogP contribution is -2.38. The molecule has 2 rings (SSSR count). The van der Waals surface area contributed by atoms with Crippen LogP contribution >= 0.6 is 24.0 Å². The number of aliphatic imine (C=N–C) groups is 1. The van der Waals surface area contributed by atoms with Gasteiger partial charge in [-0.3, -0.25) is 4.99 Å². The Morgan fingerprint density at radius 3 is 2.78 bits per heavy atom. The smallest absolute Gasteiger partial charge is 0.231 e. The number of rotatable bonds is 7. The molecule has 1 aliphatic heterocycles. The summed E-state index contributed by atoms with van der Waals surface area (Å²) in [5.41, 5.74) is 1.11. The molecule has 0 amide bonds. The molecular weight excluding hydrogens is 409 g/mol. The summed E-state index contributed by atoms with van der Waals surface area (Å²) in [6, 6.07) is 5.92. The minimum Gasteiger partial charge on any atom is -0.454 e. The normalized spacial score (nSPS) is 13.0. The monoisotopic (exact) mass is 435 g/mol. The summed E-state index contributed by atoms with van der Waals surface area (Å²) in [6.45, 7) is 7.43. The van der Waals surface area contributed by atoms with Gasteiger partial charge in [-0.05, 0) is 23.6 Å². The quantitative estimate of drug-likeness (QED) is 0.298. The summed E-state index contributed by atoms with van der Waals surface area (Å²) < 4.78 is 16.2. The lowest BCUT2D eigenvalue weighted by Gasteiger charge is -2.13. The van der Waals surface area contributed by atoms with Crippen molar-refractivity contribution in [1.82, 2.24) is 10.6 Å². The fourth-order valence-corrected chi connectivity index (χ4v) is 2.02. The first kappa shape index (κ1) is 19.8. The Balaban J connectivity index is 0.00000264. The topological polar surface area (TPSA) is 64.1 Å². The molecule has 0 saturated carbocycles. The van der Waals surface area contributed by atoms with Crippen LogP contribution in [0.3, 0.4) is 0 Å². The zero-order chi connectivity index (χ0) is 15.8. The van der Waals surface area contributed by atoms with Gasteiger partial charge in [-0.25, -0.2) is 0 Å². The van der Waals surface area contributed by atoms with E-state index in [0.717, 1.165) is 36.2 Å². The predicted molar refractivity (Wildman–Crippen MR) is 102 cm³/mol. The third-order valence-corrected chi connectivity index (χ3v) is 3.11. The van der Waals surface area contributed by atoms with Crippen LogP contribution in [0.1, 0.15) is 19.4 Å². The van der Waals surface area contributed by atoms with Crippen molar-refractivity contribution in [3.63, 3.8) is 0 Å². The Morgan fingerprint density at radius 2 is 2.04 bits per heavy atom. The molecule has 0 spiro atoms. The van der Waals surface area contributed by atoms with Gasteiger partial charge in [0.05, 0.1) is 6.61 Å². The summed E-state index contributed by atoms with van der Waals surface area (Å²) in [5.74, 6) is 2.91. The van der Waals surface area contributed by atoms with Gasteiger partial charge in [-0.1, -0.05) is 19.9 Å². The molecule has 1 aromatic rings. The Bertz CT molecular complexity index is 509. The molecule has 2 N–H and O–H groups in total. The number of nitrogens with one attached hydrogen (secondary N) is 2. The highest BCUT2D eigenvalue weighted by atomic mass is 127. The fraction of sp³-hybridized carbons (Fsp3) is 0.562. The van der Waals surface area contributed by atoms with Crippen molar-refractivity contribution >= 4 is 29.9 Å². The number of hydrogen-bond acceptors (Lipinski definition) is 4. The average molecular weight is 435 g/mol. The van der Waals surface area contributed by atoms with Crippen LogP contribution in [-0.4, -0.2) is 39.6 Å². The van der Waals surface area contributed by atoms with E-state index in [9.17, 15) is 0 Å². The first-order valence-electron chi connectivity index (χ1n) is 7.60. The van der Waals surface area contributed by atoms with Gasteiger partial charge in [0.25, 0.3) is 0 Å². The maximum Gasteiger partial charge on any atom is 0.231 e. The van der Waals surface area contributed by atoms with Crippen LogP contribution in [0, 0.1) is 5.92 Å². The molecule has 0 atom stereocenters. The Hall–Kier alpha value is -1.22. The molecule has 0 fully saturated rings. The van der Waals surface area contributed by atoms with E-state index in [4.69, 9.17) is 14.2 Å². The van der Waals surface area contributed by atoms with Crippen LogP contribution in [0.5, 0.6) is 11.5 Å². The van der Waals surface area contributed by atoms with Crippen molar-refractivity contribution in [2.75, 3.05) is 33.6 Å². The first-order valence-corrected chi connectivity index (χ1v) is 7.60. The van der Waals surface area contributed by atoms with Crippen molar-refractivity contribution in [3.8, 4) is 11.5 Å². The van der Waals surface area contributed by atoms with Crippen molar-refractivity contribution in [1.29, 1.82) is 0 Å². The zero-order valence-electron chi connectivity index (χ0n) is 13.9. The number of guanidine groups is 1. The van der Waals surface area contributed by atoms with E-state index < -0.39 is 0 Å². The molecular formula is C16H26IN3O3. The SMILES string of the molecule is CN=C(NCCOCC(C)C)NCc1ccc2c(c1)OCO2.I. The molecule has 7 heteroatoms. The molecule has 1 heterocycles. The highest BCUT2D eigenvalue weighted by Crippen LogP contribution is 2.32. The maximum atomic E-state index is 5.53. The van der Waals surface area contributed by atoms with Crippen molar-refractivity contribution in [2.45, 2.75) is 20.4 Å². The van der Waals surface area contributed by atoms with Crippen LogP contribution in [0.25, 0.3) is 0 Å². The van der Waals surface area contributed by atoms with Crippen LogP contribution in [0.4, 0.5) is 0 Å². The van der Waals surface area contributed by atoms with Crippen molar-refractivity contribution < 1.29 is 14.2 Å². The molecule has 1 aromatic carbocycles. The number of hydrogen-bond donors (Lipinski definition) is 2. The van der Waals surface area contributed by atoms with Gasteiger partial charge in [-0.15, -0.1) is 24.0 Å². The van der Waals surface area contributed by atoms with Gasteiger partial charge in [0.1, 0.15) is 0 Å². The van der Waals surface area contributed by atoms with Gasteiger partial charge in [0, 0.05) is 26.7 Å². The highest BCUT2D eigenvalue weighted by Gasteiger charge is 2.13. The Labute approximate surface area is 155 Å². The lowest BCUT2D eigenvalue weighted by molar-refractivity contribution is 0.114. The van der Waals surface area contributed by atoms with Crippen LogP contribution in [0.15, 0.2) is 23.2 Å². The molecule has 0 aromatic heterocycles. The Kier molecular flexibility index (Phi) is 9.08. The summed E-state index contributed by atoms with van der Waals surface area (Å²) in [4.78, 5) is 4.19. The number of ether oxygens (including phenoxy) is 3. The molecule has 0 unspecified atom stereocenters. The first-order chi connectivity index (χ1) is 10.7. The largest absolute Gasteiger partial charge is 0.454 e. The third-order valence-electron chi connectivity index (χ3n) is 3.11. The molecule has 1 aliphatic rings. The maximum absolute atomic E-state index is 5.53. The molecule has 0 aliphatic carbocycles. The van der Waals surface area contributed by atoms with Crippen LogP contribution in [-0.2, 0) is 11.3 Å². The van der Waals surface area contributed by atoms with Gasteiger partial charge >= 0.3 is 0 Å². The number of nitrogens with zero attached hydrogens (tertiary/aromatic N) is 1. The van der Waals surface area contributed by atoms with Gasteiger partial charge in [0.15, 0.2) is 17.5 Å². The summed E-state index contributed by atoms with van der Waals surface area (Å²) in [6.07, 6.45) is 0. The second-order valence-electron chi connectivity index (χ2n) is 5.51. The van der Waals surface area contributed by atoms with E-state index in [-0.39, 0.29) is 24.0 Å². The van der Waals surface area contributed by atoms with E-state index in [1.807, 2.05) is 18.2 Å². The van der Waals surface area contributed by atoms with Gasteiger partial charge in [-0.2, -0.15) is 0 Å². The molecule has 0 radical (unpaired) electrons. The van der Waals surface area contributed by atoms with Gasteiger partial charge in [0.2, 0.25) is 6.79 Å². The zero-order valence-corrected chi connectivity index (χ0v) is 16.3. The summed E-state index contributed by atoms with van der Waals surface area (Å²) >= 11 is 0. The standard InChI is InChI=1S/C16H25N3O3.HI/c1-12(2)10-20-7-6-18-16(17-3)19-9-13-4-5-14-15(8-13)22-11-21-14;/h4-5,8,12H,6-7,9-11H2,1-3H3,(H2,17,18,19);1H. The van der Waals surface area contributed by atoms with Gasteiger partial charge < -0.3 is 24.8 Å². The van der Waals surface area contributed by atoms with Crippen LogP contribution in [0.2, 0.25) is 0 Å². The predicted octanol–water partition coefficient (Wildman–Crippen LogP) is 2.37. The highest BCUT2D eigenvalue weighted by molar-refractivity contribution is 14.0. The van der Waals surface area contributed by atoms with E-state index >= 15 is 0 Å². The molecule has 23 heavy (non-hydrogen) atoms. The van der Waals surface area contributed by atoms with E-state index in [2.05, 4.69) is 29.5 Å². The average Bonchev–Trinajstić information content (AvgIpc) is 2.97. The third kappa shape index (κ3) is 6.82. The molecule has 130 valence electrons. The second-order valence-corrected chi connectivity index (χ2v) is 5.51. The minimum absolute atomic E-state index is 0. The Morgan fingerprint density at radius 1 is 1.26 bits per heavy atom. The number of halogens is 1.